The molecule has 0 aliphatic rings. The molecule has 0 atom stereocenters. The number of carbonyl (C=O) groups is 1. The number of hydrogen-bond acceptors (Lipinski definition) is 4. The molecule has 3 aromatic rings. The molecule has 148 valence electrons. The second-order valence-corrected chi connectivity index (χ2v) is 5.96. The Morgan fingerprint density at radius 1 is 1.21 bits per heavy atom. The molecule has 0 saturated carbocycles. The van der Waals surface area contributed by atoms with Crippen molar-refractivity contribution in [1.82, 2.24) is 9.55 Å². The maximum Gasteiger partial charge on any atom is 0.417 e. The summed E-state index contributed by atoms with van der Waals surface area (Å²) in [5, 5.41) is 3.25. The number of anilines is 1. The Bertz CT molecular complexity index is 952. The quantitative estimate of drug-likeness (QED) is 0.665. The van der Waals surface area contributed by atoms with Crippen molar-refractivity contribution >= 4 is 22.6 Å². The summed E-state index contributed by atoms with van der Waals surface area (Å²) in [4.78, 5) is 15.6. The van der Waals surface area contributed by atoms with Gasteiger partial charge in [-0.2, -0.15) is 13.2 Å². The molecule has 0 unspecified atom stereocenters. The van der Waals surface area contributed by atoms with Crippen LogP contribution in [0.5, 0.6) is 5.75 Å². The highest BCUT2D eigenvalue weighted by Crippen LogP contribution is 2.29. The lowest BCUT2D eigenvalue weighted by Crippen LogP contribution is -2.21. The van der Waals surface area contributed by atoms with E-state index in [9.17, 15) is 18.0 Å². The zero-order valence-corrected chi connectivity index (χ0v) is 15.0. The molecule has 0 fully saturated rings. The van der Waals surface area contributed by atoms with Crippen LogP contribution in [0.3, 0.4) is 0 Å². The lowest BCUT2D eigenvalue weighted by atomic mass is 10.2. The van der Waals surface area contributed by atoms with Crippen LogP contribution in [-0.4, -0.2) is 35.8 Å². The Morgan fingerprint density at radius 3 is 2.71 bits per heavy atom. The average Bonchev–Trinajstić information content (AvgIpc) is 3.08. The molecule has 9 heteroatoms. The molecule has 28 heavy (non-hydrogen) atoms. The maximum absolute atomic E-state index is 12.5. The smallest absolute Gasteiger partial charge is 0.417 e. The number of hydrogen-bond donors (Lipinski definition) is 1. The first-order valence-electron chi connectivity index (χ1n) is 8.41. The summed E-state index contributed by atoms with van der Waals surface area (Å²) in [6.45, 7) is 0.950. The lowest BCUT2D eigenvalue weighted by Gasteiger charge is -2.10. The molecule has 2 aromatic heterocycles. The number of halogens is 3. The number of rotatable bonds is 7. The summed E-state index contributed by atoms with van der Waals surface area (Å²) in [5.74, 6) is 0.0257. The van der Waals surface area contributed by atoms with Crippen molar-refractivity contribution < 1.29 is 27.4 Å². The zero-order valence-electron chi connectivity index (χ0n) is 15.0. The number of alkyl halides is 3. The van der Waals surface area contributed by atoms with Crippen LogP contribution in [0.15, 0.2) is 48.8 Å². The Hall–Kier alpha value is -3.07. The molecule has 1 aromatic carbocycles. The number of carbonyl (C=O) groups excluding carboxylic acids is 1. The third-order valence-electron chi connectivity index (χ3n) is 4.03. The van der Waals surface area contributed by atoms with Crippen molar-refractivity contribution in [1.29, 1.82) is 0 Å². The number of aromatic nitrogens is 2. The van der Waals surface area contributed by atoms with Gasteiger partial charge in [0.05, 0.1) is 17.7 Å². The molecule has 0 aliphatic heterocycles. The van der Waals surface area contributed by atoms with Gasteiger partial charge in [-0.3, -0.25) is 4.79 Å². The standard InChI is InChI=1S/C19H18F3N3O3/c1-27-10-9-25-8-7-14-15(25)3-2-4-16(14)28-12-18(26)24-17-6-5-13(11-23-17)19(20,21)22/h2-8,11H,9-10,12H2,1H3,(H,23,24,26). The number of fused-ring (bicyclic) bond motifs is 1. The van der Waals surface area contributed by atoms with E-state index in [0.717, 1.165) is 23.0 Å². The number of nitrogens with one attached hydrogen (secondary N) is 1. The van der Waals surface area contributed by atoms with Crippen molar-refractivity contribution in [3.05, 3.63) is 54.4 Å². The van der Waals surface area contributed by atoms with Gasteiger partial charge in [0, 0.05) is 31.4 Å². The Kier molecular flexibility index (Phi) is 5.84. The highest BCUT2D eigenvalue weighted by molar-refractivity contribution is 5.92. The fourth-order valence-electron chi connectivity index (χ4n) is 2.66. The highest BCUT2D eigenvalue weighted by atomic mass is 19.4. The molecule has 6 nitrogen and oxygen atoms in total. The Morgan fingerprint density at radius 2 is 2.04 bits per heavy atom. The highest BCUT2D eigenvalue weighted by Gasteiger charge is 2.30. The van der Waals surface area contributed by atoms with Crippen LogP contribution in [-0.2, 0) is 22.3 Å². The SMILES string of the molecule is COCCn1ccc2c(OCC(=O)Nc3ccc(C(F)(F)F)cn3)cccc21. The van der Waals surface area contributed by atoms with Gasteiger partial charge < -0.3 is 19.4 Å². The van der Waals surface area contributed by atoms with Crippen LogP contribution in [0.1, 0.15) is 5.56 Å². The van der Waals surface area contributed by atoms with Crippen molar-refractivity contribution in [2.45, 2.75) is 12.7 Å². The first kappa shape index (κ1) is 19.7. The van der Waals surface area contributed by atoms with E-state index >= 15 is 0 Å². The van der Waals surface area contributed by atoms with Gasteiger partial charge in [0.25, 0.3) is 5.91 Å². The molecule has 0 saturated heterocycles. The summed E-state index contributed by atoms with van der Waals surface area (Å²) in [7, 11) is 1.63. The molecule has 3 rings (SSSR count). The minimum atomic E-state index is -4.48. The monoisotopic (exact) mass is 393 g/mol. The van der Waals surface area contributed by atoms with Crippen molar-refractivity contribution in [2.75, 3.05) is 25.6 Å². The molecule has 0 radical (unpaired) electrons. The molecule has 0 aliphatic carbocycles. The fraction of sp³-hybridized carbons (Fsp3) is 0.263. The summed E-state index contributed by atoms with van der Waals surface area (Å²) in [5.41, 5.74) is 0.0609. The molecule has 2 heterocycles. The van der Waals surface area contributed by atoms with E-state index in [0.29, 0.717) is 25.1 Å². The third-order valence-corrected chi connectivity index (χ3v) is 4.03. The Balaban J connectivity index is 1.62. The zero-order chi connectivity index (χ0) is 20.1. The second-order valence-electron chi connectivity index (χ2n) is 5.96. The second kappa shape index (κ2) is 8.30. The first-order chi connectivity index (χ1) is 13.4. The van der Waals surface area contributed by atoms with Gasteiger partial charge in [0.15, 0.2) is 6.61 Å². The Labute approximate surface area is 158 Å². The fourth-order valence-corrected chi connectivity index (χ4v) is 2.66. The summed E-state index contributed by atoms with van der Waals surface area (Å²) in [6, 6.07) is 9.33. The van der Waals surface area contributed by atoms with Gasteiger partial charge in [-0.05, 0) is 30.3 Å². The normalized spacial score (nSPS) is 11.6. The van der Waals surface area contributed by atoms with Crippen LogP contribution in [0.4, 0.5) is 19.0 Å². The molecule has 1 amide bonds. The van der Waals surface area contributed by atoms with Crippen molar-refractivity contribution in [3.8, 4) is 5.75 Å². The average molecular weight is 393 g/mol. The predicted molar refractivity (Wildman–Crippen MR) is 97.2 cm³/mol. The van der Waals surface area contributed by atoms with E-state index in [-0.39, 0.29) is 12.4 Å². The molecule has 0 bridgehead atoms. The summed E-state index contributed by atoms with van der Waals surface area (Å²) < 4.78 is 50.3. The largest absolute Gasteiger partial charge is 0.483 e. The van der Waals surface area contributed by atoms with E-state index in [4.69, 9.17) is 9.47 Å². The van der Waals surface area contributed by atoms with E-state index < -0.39 is 17.6 Å². The number of nitrogens with zero attached hydrogens (tertiary/aromatic N) is 2. The van der Waals surface area contributed by atoms with E-state index in [2.05, 4.69) is 10.3 Å². The summed E-state index contributed by atoms with van der Waals surface area (Å²) >= 11 is 0. The molecule has 0 spiro atoms. The van der Waals surface area contributed by atoms with Crippen molar-refractivity contribution in [2.24, 2.45) is 0 Å². The van der Waals surface area contributed by atoms with Gasteiger partial charge in [-0.25, -0.2) is 4.98 Å². The topological polar surface area (TPSA) is 65.4 Å². The number of benzene rings is 1. The van der Waals surface area contributed by atoms with Gasteiger partial charge in [0.1, 0.15) is 11.6 Å². The van der Waals surface area contributed by atoms with Crippen LogP contribution >= 0.6 is 0 Å². The number of ether oxygens (including phenoxy) is 2. The van der Waals surface area contributed by atoms with Gasteiger partial charge in [-0.1, -0.05) is 6.07 Å². The summed E-state index contributed by atoms with van der Waals surface area (Å²) in [6.07, 6.45) is -1.90. The van der Waals surface area contributed by atoms with Gasteiger partial charge >= 0.3 is 6.18 Å². The third kappa shape index (κ3) is 4.61. The van der Waals surface area contributed by atoms with Crippen LogP contribution in [0.2, 0.25) is 0 Å². The van der Waals surface area contributed by atoms with Crippen LogP contribution < -0.4 is 10.1 Å². The van der Waals surface area contributed by atoms with Crippen molar-refractivity contribution in [3.63, 3.8) is 0 Å². The van der Waals surface area contributed by atoms with E-state index in [1.54, 1.807) is 13.2 Å². The van der Waals surface area contributed by atoms with E-state index in [1.165, 1.54) is 0 Å². The molecule has 1 N–H and O–H groups in total. The molecular formula is C19H18F3N3O3. The van der Waals surface area contributed by atoms with E-state index in [1.807, 2.05) is 29.0 Å². The predicted octanol–water partition coefficient (Wildman–Crippen LogP) is 3.72. The number of pyridine rings is 1. The van der Waals surface area contributed by atoms with Gasteiger partial charge in [0.2, 0.25) is 0 Å². The minimum absolute atomic E-state index is 0.0190. The number of methoxy groups -OCH3 is 1. The van der Waals surface area contributed by atoms with Crippen LogP contribution in [0, 0.1) is 0 Å². The molecular weight excluding hydrogens is 375 g/mol. The minimum Gasteiger partial charge on any atom is -0.483 e. The van der Waals surface area contributed by atoms with Crippen LogP contribution in [0.25, 0.3) is 10.9 Å². The number of amides is 1. The lowest BCUT2D eigenvalue weighted by molar-refractivity contribution is -0.137. The first-order valence-corrected chi connectivity index (χ1v) is 8.41. The maximum atomic E-state index is 12.5. The van der Waals surface area contributed by atoms with Gasteiger partial charge in [-0.15, -0.1) is 0 Å².